The van der Waals surface area contributed by atoms with Gasteiger partial charge in [-0.15, -0.1) is 0 Å². The van der Waals surface area contributed by atoms with E-state index in [1.807, 2.05) is 6.07 Å². The number of benzene rings is 2. The summed E-state index contributed by atoms with van der Waals surface area (Å²) < 4.78 is 40.9. The van der Waals surface area contributed by atoms with E-state index in [1.165, 1.54) is 30.7 Å². The molecule has 0 aliphatic heterocycles. The van der Waals surface area contributed by atoms with Crippen LogP contribution in [0, 0.1) is 5.82 Å². The molecule has 1 atom stereocenters. The maximum atomic E-state index is 13.6. The predicted molar refractivity (Wildman–Crippen MR) is 93.3 cm³/mol. The minimum atomic E-state index is -3.83. The zero-order chi connectivity index (χ0) is 18.0. The average molecular weight is 362 g/mol. The summed E-state index contributed by atoms with van der Waals surface area (Å²) in [5, 5.41) is 2.38. The van der Waals surface area contributed by atoms with Gasteiger partial charge in [-0.05, 0) is 61.6 Å². The largest absolute Gasteiger partial charge is 0.322 e. The first kappa shape index (κ1) is 17.6. The highest BCUT2D eigenvalue weighted by Crippen LogP contribution is 2.24. The van der Waals surface area contributed by atoms with Crippen molar-refractivity contribution < 1.29 is 17.6 Å². The first-order valence-corrected chi connectivity index (χ1v) is 9.55. The second-order valence-corrected chi connectivity index (χ2v) is 7.81. The minimum Gasteiger partial charge on any atom is -0.322 e. The molecule has 2 N–H and O–H groups in total. The highest BCUT2D eigenvalue weighted by molar-refractivity contribution is 7.89. The Morgan fingerprint density at radius 2 is 1.84 bits per heavy atom. The maximum absolute atomic E-state index is 13.6. The highest BCUT2D eigenvalue weighted by atomic mass is 32.2. The standard InChI is InChI=1S/C18H19FN2O3S/c1-12(18(22)20-17-8-3-2-7-16(17)19)21-25(23,24)15-10-9-13-5-4-6-14(13)11-15/h2-3,7-12,21H,4-6H2,1H3,(H,20,22). The number of halogens is 1. The summed E-state index contributed by atoms with van der Waals surface area (Å²) in [5.74, 6) is -1.21. The fraction of sp³-hybridized carbons (Fsp3) is 0.278. The lowest BCUT2D eigenvalue weighted by atomic mass is 10.1. The van der Waals surface area contributed by atoms with Gasteiger partial charge in [0.25, 0.3) is 0 Å². The summed E-state index contributed by atoms with van der Waals surface area (Å²) in [4.78, 5) is 12.3. The van der Waals surface area contributed by atoms with Crippen molar-refractivity contribution >= 4 is 21.6 Å². The van der Waals surface area contributed by atoms with Crippen LogP contribution in [0.5, 0.6) is 0 Å². The molecule has 2 aromatic rings. The lowest BCUT2D eigenvalue weighted by molar-refractivity contribution is -0.117. The molecule has 1 aliphatic carbocycles. The van der Waals surface area contributed by atoms with Crippen molar-refractivity contribution in [2.24, 2.45) is 0 Å². The topological polar surface area (TPSA) is 75.3 Å². The molecule has 0 saturated heterocycles. The van der Waals surface area contributed by atoms with Gasteiger partial charge in [-0.2, -0.15) is 4.72 Å². The Bertz CT molecular complexity index is 912. The normalized spacial score (nSPS) is 14.8. The number of amides is 1. The SMILES string of the molecule is CC(NS(=O)(=O)c1ccc2c(c1)CCC2)C(=O)Nc1ccccc1F. The average Bonchev–Trinajstić information content (AvgIpc) is 3.04. The van der Waals surface area contributed by atoms with Crippen LogP contribution < -0.4 is 10.0 Å². The van der Waals surface area contributed by atoms with Gasteiger partial charge in [0.1, 0.15) is 5.82 Å². The molecule has 5 nitrogen and oxygen atoms in total. The van der Waals surface area contributed by atoms with Gasteiger partial charge in [-0.3, -0.25) is 4.79 Å². The van der Waals surface area contributed by atoms with E-state index in [0.29, 0.717) is 0 Å². The first-order chi connectivity index (χ1) is 11.9. The van der Waals surface area contributed by atoms with E-state index >= 15 is 0 Å². The zero-order valence-electron chi connectivity index (χ0n) is 13.8. The number of nitrogens with one attached hydrogen (secondary N) is 2. The van der Waals surface area contributed by atoms with Gasteiger partial charge < -0.3 is 5.32 Å². The number of para-hydroxylation sites is 1. The lowest BCUT2D eigenvalue weighted by Gasteiger charge is -2.15. The van der Waals surface area contributed by atoms with Gasteiger partial charge in [0.2, 0.25) is 15.9 Å². The van der Waals surface area contributed by atoms with Crippen molar-refractivity contribution in [3.05, 3.63) is 59.4 Å². The number of rotatable bonds is 5. The Kier molecular flexibility index (Phi) is 4.87. The summed E-state index contributed by atoms with van der Waals surface area (Å²) in [7, 11) is -3.83. The van der Waals surface area contributed by atoms with Crippen molar-refractivity contribution in [1.82, 2.24) is 4.72 Å². The van der Waals surface area contributed by atoms with Gasteiger partial charge >= 0.3 is 0 Å². The Morgan fingerprint density at radius 1 is 1.12 bits per heavy atom. The van der Waals surface area contributed by atoms with E-state index in [-0.39, 0.29) is 10.6 Å². The van der Waals surface area contributed by atoms with E-state index in [1.54, 1.807) is 18.2 Å². The molecule has 0 heterocycles. The van der Waals surface area contributed by atoms with Gasteiger partial charge in [0.15, 0.2) is 0 Å². The van der Waals surface area contributed by atoms with Crippen LogP contribution in [0.1, 0.15) is 24.5 Å². The first-order valence-electron chi connectivity index (χ1n) is 8.06. The number of fused-ring (bicyclic) bond motifs is 1. The summed E-state index contributed by atoms with van der Waals surface area (Å²) in [6.45, 7) is 1.42. The van der Waals surface area contributed by atoms with Gasteiger partial charge in [-0.25, -0.2) is 12.8 Å². The van der Waals surface area contributed by atoms with Gasteiger partial charge in [0.05, 0.1) is 16.6 Å². The monoisotopic (exact) mass is 362 g/mol. The van der Waals surface area contributed by atoms with Crippen LogP contribution in [0.2, 0.25) is 0 Å². The molecule has 7 heteroatoms. The minimum absolute atomic E-state index is 0.0103. The predicted octanol–water partition coefficient (Wildman–Crippen LogP) is 2.62. The van der Waals surface area contributed by atoms with Crippen molar-refractivity contribution in [2.75, 3.05) is 5.32 Å². The van der Waals surface area contributed by atoms with Crippen molar-refractivity contribution in [1.29, 1.82) is 0 Å². The molecule has 0 saturated carbocycles. The molecule has 0 aromatic heterocycles. The van der Waals surface area contributed by atoms with E-state index in [4.69, 9.17) is 0 Å². The number of sulfonamides is 1. The molecule has 0 spiro atoms. The van der Waals surface area contributed by atoms with Crippen LogP contribution in [0.25, 0.3) is 0 Å². The summed E-state index contributed by atoms with van der Waals surface area (Å²) in [6, 6.07) is 9.70. The Labute approximate surface area is 146 Å². The molecular weight excluding hydrogens is 343 g/mol. The second kappa shape index (κ2) is 6.93. The van der Waals surface area contributed by atoms with Crippen molar-refractivity contribution in [2.45, 2.75) is 37.1 Å². The van der Waals surface area contributed by atoms with E-state index < -0.39 is 27.8 Å². The fourth-order valence-corrected chi connectivity index (χ4v) is 4.13. The molecule has 25 heavy (non-hydrogen) atoms. The van der Waals surface area contributed by atoms with Crippen LogP contribution in [0.15, 0.2) is 47.4 Å². The molecule has 1 amide bonds. The van der Waals surface area contributed by atoms with Crippen LogP contribution >= 0.6 is 0 Å². The molecule has 1 unspecified atom stereocenters. The fourth-order valence-electron chi connectivity index (χ4n) is 2.87. The molecule has 0 radical (unpaired) electrons. The van der Waals surface area contributed by atoms with E-state index in [9.17, 15) is 17.6 Å². The highest BCUT2D eigenvalue weighted by Gasteiger charge is 2.24. The van der Waals surface area contributed by atoms with Crippen molar-refractivity contribution in [3.63, 3.8) is 0 Å². The summed E-state index contributed by atoms with van der Waals surface area (Å²) in [5.41, 5.74) is 2.21. The summed E-state index contributed by atoms with van der Waals surface area (Å²) in [6.07, 6.45) is 2.85. The molecule has 132 valence electrons. The third kappa shape index (κ3) is 3.88. The van der Waals surface area contributed by atoms with Crippen LogP contribution in [0.3, 0.4) is 0 Å². The molecule has 1 aliphatic rings. The van der Waals surface area contributed by atoms with E-state index in [0.717, 1.165) is 24.8 Å². The quantitative estimate of drug-likeness (QED) is 0.859. The Hall–Kier alpha value is -2.25. The number of carbonyl (C=O) groups excluding carboxylic acids is 1. The third-order valence-electron chi connectivity index (χ3n) is 4.24. The van der Waals surface area contributed by atoms with Crippen molar-refractivity contribution in [3.8, 4) is 0 Å². The smallest absolute Gasteiger partial charge is 0.242 e. The number of anilines is 1. The number of hydrogen-bond acceptors (Lipinski definition) is 3. The zero-order valence-corrected chi connectivity index (χ0v) is 14.6. The molecule has 2 aromatic carbocycles. The molecule has 0 fully saturated rings. The third-order valence-corrected chi connectivity index (χ3v) is 5.78. The number of hydrogen-bond donors (Lipinski definition) is 2. The Morgan fingerprint density at radius 3 is 2.60 bits per heavy atom. The summed E-state index contributed by atoms with van der Waals surface area (Å²) >= 11 is 0. The lowest BCUT2D eigenvalue weighted by Crippen LogP contribution is -2.41. The number of aryl methyl sites for hydroxylation is 2. The van der Waals surface area contributed by atoms with E-state index in [2.05, 4.69) is 10.0 Å². The molecule has 0 bridgehead atoms. The van der Waals surface area contributed by atoms with Gasteiger partial charge in [0, 0.05) is 0 Å². The number of carbonyl (C=O) groups is 1. The molecular formula is C18H19FN2O3S. The van der Waals surface area contributed by atoms with Crippen LogP contribution in [-0.4, -0.2) is 20.4 Å². The molecule has 3 rings (SSSR count). The van der Waals surface area contributed by atoms with Crippen LogP contribution in [0.4, 0.5) is 10.1 Å². The van der Waals surface area contributed by atoms with Gasteiger partial charge in [-0.1, -0.05) is 18.2 Å². The Balaban J connectivity index is 1.72. The second-order valence-electron chi connectivity index (χ2n) is 6.10. The maximum Gasteiger partial charge on any atom is 0.242 e. The van der Waals surface area contributed by atoms with Crippen LogP contribution in [-0.2, 0) is 27.7 Å².